The van der Waals surface area contributed by atoms with Crippen LogP contribution in [-0.2, 0) is 33.3 Å². The first-order valence-corrected chi connectivity index (χ1v) is 15.0. The first-order chi connectivity index (χ1) is 18.4. The maximum Gasteiger partial charge on any atom is 0.407 e. The van der Waals surface area contributed by atoms with Crippen LogP contribution >= 0.6 is 11.8 Å². The average molecular weight is 601 g/mol. The molecule has 1 aliphatic carbocycles. The third kappa shape index (κ3) is 28.1. The number of ketones is 1. The lowest BCUT2D eigenvalue weighted by Crippen LogP contribution is -2.33. The highest BCUT2D eigenvalue weighted by Crippen LogP contribution is 2.32. The van der Waals surface area contributed by atoms with E-state index in [0.29, 0.717) is 76.4 Å². The molecule has 1 saturated carbocycles. The summed E-state index contributed by atoms with van der Waals surface area (Å²) in [6, 6.07) is 0. The van der Waals surface area contributed by atoms with Crippen molar-refractivity contribution >= 4 is 29.5 Å². The van der Waals surface area contributed by atoms with Crippen LogP contribution in [0.4, 0.5) is 4.79 Å². The fourth-order valence-electron chi connectivity index (χ4n) is 3.49. The Bertz CT molecular complexity index is 614. The molecule has 0 unspecified atom stereocenters. The zero-order valence-corrected chi connectivity index (χ0v) is 25.0. The minimum atomic E-state index is -0.370. The highest BCUT2D eigenvalue weighted by molar-refractivity contribution is 8.00. The first kappa shape index (κ1) is 43.1. The Morgan fingerprint density at radius 2 is 1.20 bits per heavy atom. The van der Waals surface area contributed by atoms with Gasteiger partial charge in [0.05, 0.1) is 52.9 Å². The summed E-state index contributed by atoms with van der Waals surface area (Å²) in [4.78, 5) is 34.1. The SMILES string of the molecule is C.C.CC.CC(=O)CCC(=O)NCCOCCOCCOCCOCCNC(=O)OC1CCC(SC(C)C)CC1.[HH].[HH]. The van der Waals surface area contributed by atoms with Gasteiger partial charge in [0.25, 0.3) is 0 Å². The van der Waals surface area contributed by atoms with Gasteiger partial charge in [-0.25, -0.2) is 4.79 Å². The molecule has 0 saturated heterocycles. The Morgan fingerprint density at radius 1 is 0.750 bits per heavy atom. The van der Waals surface area contributed by atoms with Gasteiger partial charge in [-0.15, -0.1) is 0 Å². The largest absolute Gasteiger partial charge is 0.446 e. The molecule has 2 N–H and O–H groups in total. The normalized spacial score (nSPS) is 16.1. The summed E-state index contributed by atoms with van der Waals surface area (Å²) in [6.07, 6.45) is 4.22. The molecule has 0 radical (unpaired) electrons. The van der Waals surface area contributed by atoms with Crippen molar-refractivity contribution < 1.29 is 40.9 Å². The van der Waals surface area contributed by atoms with E-state index in [1.807, 2.05) is 25.6 Å². The van der Waals surface area contributed by atoms with Gasteiger partial charge in [0, 0.05) is 34.0 Å². The van der Waals surface area contributed by atoms with Gasteiger partial charge in [0.1, 0.15) is 11.9 Å². The summed E-state index contributed by atoms with van der Waals surface area (Å²) in [5, 5.41) is 6.76. The van der Waals surface area contributed by atoms with Crippen molar-refractivity contribution in [2.24, 2.45) is 0 Å². The van der Waals surface area contributed by atoms with Crippen molar-refractivity contribution in [2.45, 2.75) is 105 Å². The van der Waals surface area contributed by atoms with Gasteiger partial charge in [-0.05, 0) is 37.9 Å². The lowest BCUT2D eigenvalue weighted by atomic mass is 9.97. The number of rotatable bonds is 21. The highest BCUT2D eigenvalue weighted by atomic mass is 32.2. The minimum Gasteiger partial charge on any atom is -0.446 e. The van der Waals surface area contributed by atoms with Crippen LogP contribution in [0, 0.1) is 0 Å². The molecule has 10 nitrogen and oxygen atoms in total. The molecule has 0 aromatic rings. The molecule has 0 bridgehead atoms. The molecule has 0 spiro atoms. The number of ether oxygens (including phenoxy) is 5. The molecule has 1 fully saturated rings. The molecule has 1 rings (SSSR count). The lowest BCUT2D eigenvalue weighted by Gasteiger charge is -2.28. The Hall–Kier alpha value is -1.40. The lowest BCUT2D eigenvalue weighted by molar-refractivity contribution is -0.124. The zero-order chi connectivity index (χ0) is 28.4. The summed E-state index contributed by atoms with van der Waals surface area (Å²) in [6.45, 7) is 14.2. The van der Waals surface area contributed by atoms with Gasteiger partial charge >= 0.3 is 6.09 Å². The van der Waals surface area contributed by atoms with Crippen LogP contribution in [0.3, 0.4) is 0 Å². The molecule has 2 amide bonds. The van der Waals surface area contributed by atoms with Crippen molar-refractivity contribution in [1.29, 1.82) is 0 Å². The molecule has 0 aromatic carbocycles. The summed E-state index contributed by atoms with van der Waals surface area (Å²) < 4.78 is 27.1. The molecule has 0 aromatic heterocycles. The number of thioether (sulfide) groups is 1. The predicted molar refractivity (Wildman–Crippen MR) is 168 cm³/mol. The number of carbonyl (C=O) groups excluding carboxylic acids is 3. The molecule has 11 heteroatoms. The van der Waals surface area contributed by atoms with E-state index in [1.54, 1.807) is 0 Å². The molecule has 1 aliphatic rings. The quantitative estimate of drug-likeness (QED) is 0.164. The van der Waals surface area contributed by atoms with E-state index in [2.05, 4.69) is 24.5 Å². The van der Waals surface area contributed by atoms with E-state index in [9.17, 15) is 14.4 Å². The standard InChI is InChI=1S/C25H46N2O8S.C2H6.2CH4.2H2/c1-20(2)36-23-7-5-22(6-8-23)35-25(30)27-11-13-32-15-17-34-19-18-33-16-14-31-12-10-26-24(29)9-4-21(3)28;1-2;;;;/h20,22-23H,4-19H2,1-3H3,(H,26,29)(H,27,30);1-2H3;2*1H4;2*1H. The molecule has 0 aliphatic heterocycles. The van der Waals surface area contributed by atoms with E-state index in [-0.39, 0.29) is 54.4 Å². The van der Waals surface area contributed by atoms with Crippen molar-refractivity contribution in [1.82, 2.24) is 10.6 Å². The topological polar surface area (TPSA) is 121 Å². The second kappa shape index (κ2) is 30.6. The number of alkyl carbamates (subject to hydrolysis) is 1. The van der Waals surface area contributed by atoms with Gasteiger partial charge < -0.3 is 39.1 Å². The molecule has 0 atom stereocenters. The third-order valence-corrected chi connectivity index (χ3v) is 6.66. The summed E-state index contributed by atoms with van der Waals surface area (Å²) >= 11 is 2.02. The van der Waals surface area contributed by atoms with Crippen molar-refractivity contribution in [3.8, 4) is 0 Å². The Morgan fingerprint density at radius 3 is 1.65 bits per heavy atom. The molecule has 0 heterocycles. The van der Waals surface area contributed by atoms with Gasteiger partial charge in [0.15, 0.2) is 0 Å². The number of Topliss-reactive ketones (excluding diaryl/α,β-unsaturated/α-hetero) is 1. The van der Waals surface area contributed by atoms with Crippen LogP contribution in [0.15, 0.2) is 0 Å². The van der Waals surface area contributed by atoms with Crippen LogP contribution in [0.25, 0.3) is 0 Å². The van der Waals surface area contributed by atoms with Gasteiger partial charge in [-0.3, -0.25) is 4.79 Å². The van der Waals surface area contributed by atoms with E-state index >= 15 is 0 Å². The number of carbonyl (C=O) groups is 3. The number of hydrogen-bond donors (Lipinski definition) is 2. The summed E-state index contributed by atoms with van der Waals surface area (Å²) in [5.74, 6) is -0.139. The second-order valence-corrected chi connectivity index (χ2v) is 10.8. The van der Waals surface area contributed by atoms with Gasteiger partial charge in [-0.2, -0.15) is 11.8 Å². The van der Waals surface area contributed by atoms with E-state index in [0.717, 1.165) is 25.7 Å². The van der Waals surface area contributed by atoms with Crippen LogP contribution < -0.4 is 10.6 Å². The molecule has 244 valence electrons. The molecule has 40 heavy (non-hydrogen) atoms. The number of hydrogen-bond acceptors (Lipinski definition) is 9. The van der Waals surface area contributed by atoms with Crippen LogP contribution in [0.2, 0.25) is 0 Å². The van der Waals surface area contributed by atoms with Gasteiger partial charge in [0.2, 0.25) is 5.91 Å². The molecular formula is C29H64N2O8S. The Balaban J connectivity index is -0.000000743. The average Bonchev–Trinajstić information content (AvgIpc) is 2.89. The Kier molecular flexibility index (Phi) is 32.9. The Labute approximate surface area is 251 Å². The highest BCUT2D eigenvalue weighted by Gasteiger charge is 2.24. The van der Waals surface area contributed by atoms with E-state index in [4.69, 9.17) is 23.7 Å². The minimum absolute atomic E-state index is 0. The fraction of sp³-hybridized carbons (Fsp3) is 0.897. The predicted octanol–water partition coefficient (Wildman–Crippen LogP) is 5.51. The van der Waals surface area contributed by atoms with Gasteiger partial charge in [-0.1, -0.05) is 42.5 Å². The van der Waals surface area contributed by atoms with Crippen molar-refractivity contribution in [3.63, 3.8) is 0 Å². The number of amides is 2. The van der Waals surface area contributed by atoms with Crippen LogP contribution in [-0.4, -0.2) is 100 Å². The van der Waals surface area contributed by atoms with E-state index < -0.39 is 0 Å². The monoisotopic (exact) mass is 600 g/mol. The zero-order valence-electron chi connectivity index (χ0n) is 24.2. The second-order valence-electron chi connectivity index (χ2n) is 8.92. The summed E-state index contributed by atoms with van der Waals surface area (Å²) in [5.41, 5.74) is 0. The smallest absolute Gasteiger partial charge is 0.407 e. The van der Waals surface area contributed by atoms with Crippen molar-refractivity contribution in [3.05, 3.63) is 0 Å². The maximum absolute atomic E-state index is 11.9. The third-order valence-electron chi connectivity index (χ3n) is 5.26. The van der Waals surface area contributed by atoms with E-state index in [1.165, 1.54) is 6.92 Å². The van der Waals surface area contributed by atoms with Crippen LogP contribution in [0.5, 0.6) is 0 Å². The number of nitrogens with one attached hydrogen (secondary N) is 2. The van der Waals surface area contributed by atoms with Crippen LogP contribution in [0.1, 0.15) is 90.9 Å². The van der Waals surface area contributed by atoms with Crippen molar-refractivity contribution in [2.75, 3.05) is 65.9 Å². The summed E-state index contributed by atoms with van der Waals surface area (Å²) in [7, 11) is 0. The first-order valence-electron chi connectivity index (χ1n) is 14.0. The molecular weight excluding hydrogens is 536 g/mol. The fourth-order valence-corrected chi connectivity index (χ4v) is 4.81. The maximum atomic E-state index is 11.9.